The van der Waals surface area contributed by atoms with Crippen LogP contribution in [0, 0.1) is 15.9 Å². The summed E-state index contributed by atoms with van der Waals surface area (Å²) < 4.78 is 39.9. The Hall–Kier alpha value is -1.23. The summed E-state index contributed by atoms with van der Waals surface area (Å²) in [5.74, 6) is -1.22. The largest absolute Gasteiger partial charge is 0.395 e. The Labute approximate surface area is 125 Å². The Kier molecular flexibility index (Phi) is 6.08. The Morgan fingerprint density at radius 2 is 2.14 bits per heavy atom. The Morgan fingerprint density at radius 1 is 1.52 bits per heavy atom. The lowest BCUT2D eigenvalue weighted by Gasteiger charge is -2.21. The van der Waals surface area contributed by atoms with Crippen LogP contribution in [0.2, 0.25) is 0 Å². The van der Waals surface area contributed by atoms with E-state index in [1.54, 1.807) is 13.2 Å². The molecule has 2 unspecified atom stereocenters. The lowest BCUT2D eigenvalue weighted by atomic mass is 10.3. The Balaban J connectivity index is 3.03. The van der Waals surface area contributed by atoms with Crippen molar-refractivity contribution in [3.8, 4) is 0 Å². The SMILES string of the molecule is CSC(CO)C(C)NS(=O)(=O)c1ccc([N+](=O)[O-])c(F)c1. The molecule has 0 aliphatic carbocycles. The van der Waals surface area contributed by atoms with E-state index < -0.39 is 37.4 Å². The number of hydrogen-bond acceptors (Lipinski definition) is 6. The molecule has 7 nitrogen and oxygen atoms in total. The van der Waals surface area contributed by atoms with Crippen molar-refractivity contribution >= 4 is 27.5 Å². The molecule has 10 heteroatoms. The van der Waals surface area contributed by atoms with Crippen molar-refractivity contribution in [1.82, 2.24) is 4.72 Å². The summed E-state index contributed by atoms with van der Waals surface area (Å²) in [5, 5.41) is 19.3. The van der Waals surface area contributed by atoms with Gasteiger partial charge in [-0.25, -0.2) is 13.1 Å². The van der Waals surface area contributed by atoms with Crippen molar-refractivity contribution in [2.75, 3.05) is 12.9 Å². The van der Waals surface area contributed by atoms with Crippen LogP contribution in [0.3, 0.4) is 0 Å². The second-order valence-corrected chi connectivity index (χ2v) is 7.03. The minimum atomic E-state index is -4.03. The zero-order valence-corrected chi connectivity index (χ0v) is 12.9. The average molecular weight is 338 g/mol. The van der Waals surface area contributed by atoms with Gasteiger partial charge in [-0.05, 0) is 19.2 Å². The van der Waals surface area contributed by atoms with Gasteiger partial charge in [-0.1, -0.05) is 0 Å². The molecular weight excluding hydrogens is 323 g/mol. The quantitative estimate of drug-likeness (QED) is 0.569. The van der Waals surface area contributed by atoms with E-state index in [9.17, 15) is 22.9 Å². The first-order valence-corrected chi connectivity index (χ1v) is 8.60. The predicted molar refractivity (Wildman–Crippen MR) is 77.2 cm³/mol. The van der Waals surface area contributed by atoms with Gasteiger partial charge in [-0.3, -0.25) is 10.1 Å². The van der Waals surface area contributed by atoms with Crippen LogP contribution < -0.4 is 4.72 Å². The molecule has 1 aromatic rings. The lowest BCUT2D eigenvalue weighted by Crippen LogP contribution is -2.41. The molecule has 2 atom stereocenters. The topological polar surface area (TPSA) is 110 Å². The van der Waals surface area contributed by atoms with Gasteiger partial charge in [-0.2, -0.15) is 16.2 Å². The monoisotopic (exact) mass is 338 g/mol. The zero-order chi connectivity index (χ0) is 16.2. The summed E-state index contributed by atoms with van der Waals surface area (Å²) in [7, 11) is -4.03. The van der Waals surface area contributed by atoms with Crippen LogP contribution in [-0.2, 0) is 10.0 Å². The maximum Gasteiger partial charge on any atom is 0.304 e. The number of nitro groups is 1. The molecule has 21 heavy (non-hydrogen) atoms. The average Bonchev–Trinajstić information content (AvgIpc) is 2.38. The smallest absolute Gasteiger partial charge is 0.304 e. The molecule has 1 rings (SSSR count). The van der Waals surface area contributed by atoms with Gasteiger partial charge >= 0.3 is 5.69 Å². The highest BCUT2D eigenvalue weighted by Gasteiger charge is 2.25. The van der Waals surface area contributed by atoms with Gasteiger partial charge in [0.25, 0.3) is 0 Å². The third kappa shape index (κ3) is 4.37. The normalized spacial score (nSPS) is 14.7. The summed E-state index contributed by atoms with van der Waals surface area (Å²) in [6.45, 7) is 1.34. The van der Waals surface area contributed by atoms with Gasteiger partial charge < -0.3 is 5.11 Å². The molecule has 1 aromatic carbocycles. The van der Waals surface area contributed by atoms with Gasteiger partial charge in [0, 0.05) is 23.4 Å². The van der Waals surface area contributed by atoms with E-state index >= 15 is 0 Å². The van der Waals surface area contributed by atoms with E-state index in [0.29, 0.717) is 6.07 Å². The zero-order valence-electron chi connectivity index (χ0n) is 11.3. The highest BCUT2D eigenvalue weighted by atomic mass is 32.2. The second kappa shape index (κ2) is 7.16. The van der Waals surface area contributed by atoms with E-state index in [0.717, 1.165) is 12.1 Å². The van der Waals surface area contributed by atoms with Crippen LogP contribution in [0.1, 0.15) is 6.92 Å². The fraction of sp³-hybridized carbons (Fsp3) is 0.455. The minimum absolute atomic E-state index is 0.223. The molecule has 0 aliphatic heterocycles. The van der Waals surface area contributed by atoms with E-state index in [-0.39, 0.29) is 11.9 Å². The number of aliphatic hydroxyl groups excluding tert-OH is 1. The van der Waals surface area contributed by atoms with Gasteiger partial charge in [-0.15, -0.1) is 0 Å². The van der Waals surface area contributed by atoms with Crippen LogP contribution in [0.4, 0.5) is 10.1 Å². The molecule has 0 spiro atoms. The highest BCUT2D eigenvalue weighted by molar-refractivity contribution is 7.99. The van der Waals surface area contributed by atoms with Crippen LogP contribution in [-0.4, -0.2) is 42.6 Å². The standard InChI is InChI=1S/C11H15FN2O5S2/c1-7(11(6-15)20-2)13-21(18,19)8-3-4-10(14(16)17)9(12)5-8/h3-5,7,11,13,15H,6H2,1-2H3. The molecule has 0 heterocycles. The number of thioether (sulfide) groups is 1. The number of halogens is 1. The third-order valence-corrected chi connectivity index (χ3v) is 5.53. The number of hydrogen-bond donors (Lipinski definition) is 2. The number of aliphatic hydroxyl groups is 1. The van der Waals surface area contributed by atoms with Crippen LogP contribution in [0.15, 0.2) is 23.1 Å². The number of rotatable bonds is 7. The molecule has 0 saturated heterocycles. The maximum absolute atomic E-state index is 13.5. The number of sulfonamides is 1. The van der Waals surface area contributed by atoms with Gasteiger partial charge in [0.05, 0.1) is 16.4 Å². The molecule has 0 fully saturated rings. The maximum atomic E-state index is 13.5. The van der Waals surface area contributed by atoms with Crippen LogP contribution in [0.5, 0.6) is 0 Å². The fourth-order valence-corrected chi connectivity index (χ4v) is 3.64. The van der Waals surface area contributed by atoms with E-state index in [4.69, 9.17) is 5.11 Å². The summed E-state index contributed by atoms with van der Waals surface area (Å²) in [6.07, 6.45) is 1.72. The molecule has 0 amide bonds. The summed E-state index contributed by atoms with van der Waals surface area (Å²) >= 11 is 1.28. The molecule has 0 radical (unpaired) electrons. The van der Waals surface area contributed by atoms with Gasteiger partial charge in [0.15, 0.2) is 0 Å². The first-order chi connectivity index (χ1) is 9.72. The number of benzene rings is 1. The summed E-state index contributed by atoms with van der Waals surface area (Å²) in [4.78, 5) is 9.16. The molecule has 0 bridgehead atoms. The van der Waals surface area contributed by atoms with Gasteiger partial charge in [0.1, 0.15) is 0 Å². The van der Waals surface area contributed by atoms with Gasteiger partial charge in [0.2, 0.25) is 15.8 Å². The van der Waals surface area contributed by atoms with Crippen molar-refractivity contribution < 1.29 is 22.8 Å². The van der Waals surface area contributed by atoms with E-state index in [2.05, 4.69) is 4.72 Å². The van der Waals surface area contributed by atoms with Crippen LogP contribution in [0.25, 0.3) is 0 Å². The van der Waals surface area contributed by atoms with E-state index in [1.807, 2.05) is 0 Å². The van der Waals surface area contributed by atoms with Crippen molar-refractivity contribution in [3.05, 3.63) is 34.1 Å². The Morgan fingerprint density at radius 3 is 2.57 bits per heavy atom. The molecule has 2 N–H and O–H groups in total. The van der Waals surface area contributed by atoms with Crippen molar-refractivity contribution in [2.45, 2.75) is 23.1 Å². The summed E-state index contributed by atoms with van der Waals surface area (Å²) in [5.41, 5.74) is -0.792. The van der Waals surface area contributed by atoms with Crippen LogP contribution >= 0.6 is 11.8 Å². The van der Waals surface area contributed by atoms with E-state index in [1.165, 1.54) is 11.8 Å². The summed E-state index contributed by atoms with van der Waals surface area (Å²) in [6, 6.07) is 1.77. The molecule has 0 aromatic heterocycles. The molecule has 0 aliphatic rings. The van der Waals surface area contributed by atoms with Crippen molar-refractivity contribution in [1.29, 1.82) is 0 Å². The number of nitrogens with one attached hydrogen (secondary N) is 1. The molecular formula is C11H15FN2O5S2. The minimum Gasteiger partial charge on any atom is -0.395 e. The van der Waals surface area contributed by atoms with Crippen molar-refractivity contribution in [3.63, 3.8) is 0 Å². The second-order valence-electron chi connectivity index (χ2n) is 4.24. The Bertz CT molecular complexity index is 619. The number of nitro benzene ring substituents is 1. The first kappa shape index (κ1) is 17.8. The predicted octanol–water partition coefficient (Wildman–Crippen LogP) is 1.12. The first-order valence-electron chi connectivity index (χ1n) is 5.83. The number of nitrogens with zero attached hydrogens (tertiary/aromatic N) is 1. The third-order valence-electron chi connectivity index (χ3n) is 2.81. The molecule has 0 saturated carbocycles. The lowest BCUT2D eigenvalue weighted by molar-refractivity contribution is -0.387. The highest BCUT2D eigenvalue weighted by Crippen LogP contribution is 2.21. The fourth-order valence-electron chi connectivity index (χ4n) is 1.63. The molecule has 118 valence electrons. The van der Waals surface area contributed by atoms with Crippen molar-refractivity contribution in [2.24, 2.45) is 0 Å².